The first-order valence-electron chi connectivity index (χ1n) is 2.65. The molecule has 0 aromatic heterocycles. The summed E-state index contributed by atoms with van der Waals surface area (Å²) in [5, 5.41) is 0. The number of hydrogen-bond acceptors (Lipinski definition) is 1. The molecule has 14 heavy (non-hydrogen) atoms. The Hall–Kier alpha value is 9.97. The van der Waals surface area contributed by atoms with Crippen molar-refractivity contribution in [1.29, 1.82) is 0 Å². The van der Waals surface area contributed by atoms with Crippen molar-refractivity contribution < 1.29 is 14.4 Å². The summed E-state index contributed by atoms with van der Waals surface area (Å²) in [6.07, 6.45) is 6.00. The van der Waals surface area contributed by atoms with Crippen molar-refractivity contribution in [1.82, 2.24) is 0 Å². The van der Waals surface area contributed by atoms with E-state index >= 15 is 0 Å². The predicted octanol–water partition coefficient (Wildman–Crippen LogP) is -2.97. The molecule has 0 aromatic carbocycles. The van der Waals surface area contributed by atoms with E-state index in [9.17, 15) is 0 Å². The average molecular weight is 379 g/mol. The third kappa shape index (κ3) is 49.5. The van der Waals surface area contributed by atoms with Crippen LogP contribution >= 0.6 is 8.25 Å². The van der Waals surface area contributed by atoms with E-state index in [4.69, 9.17) is 14.4 Å². The molecular weight excluding hydrogens is 362 g/mol. The van der Waals surface area contributed by atoms with E-state index in [1.54, 1.807) is 0 Å². The number of hydrogen-bond donors (Lipinski definition) is 2. The fourth-order valence-electron chi connectivity index (χ4n) is 0.250. The minimum absolute atomic E-state index is 0. The van der Waals surface area contributed by atoms with Crippen LogP contribution in [0.3, 0.4) is 0 Å². The van der Waals surface area contributed by atoms with Crippen LogP contribution < -0.4 is 0 Å². The summed E-state index contributed by atoms with van der Waals surface area (Å²) >= 11 is 0. The molecule has 1 fully saturated rings. The molecule has 0 saturated heterocycles. The van der Waals surface area contributed by atoms with E-state index in [0.29, 0.717) is 0 Å². The van der Waals surface area contributed by atoms with Crippen molar-refractivity contribution in [3.05, 3.63) is 0 Å². The normalized spacial score (nSPS) is 9.36. The molecule has 0 atom stereocenters. The summed E-state index contributed by atoms with van der Waals surface area (Å²) in [5.74, 6) is 0. The Morgan fingerprint density at radius 1 is 0.643 bits per heavy atom. The van der Waals surface area contributed by atoms with Crippen molar-refractivity contribution in [2.75, 3.05) is 0 Å². The summed E-state index contributed by atoms with van der Waals surface area (Å²) in [5.41, 5.74) is 0. The Morgan fingerprint density at radius 2 is 0.714 bits per heavy atom. The molecule has 0 amide bonds. The van der Waals surface area contributed by atoms with Crippen LogP contribution in [-0.2, 0) is 4.57 Å². The Balaban J connectivity index is -0.00000000980. The molecule has 0 unspecified atom stereocenters. The Bertz CT molecular complexity index is 75.5. The van der Waals surface area contributed by atoms with Crippen LogP contribution in [0.25, 0.3) is 0 Å². The van der Waals surface area contributed by atoms with Gasteiger partial charge in [0.05, 0.1) is 0 Å². The van der Waals surface area contributed by atoms with Gasteiger partial charge in [-0.25, -0.2) is 0 Å². The van der Waals surface area contributed by atoms with E-state index in [1.807, 2.05) is 0 Å². The summed E-state index contributed by atoms with van der Waals surface area (Å²) < 4.78 is 8.74. The average Bonchev–Trinajstić information content (AvgIpc) is 1.19. The van der Waals surface area contributed by atoms with Crippen LogP contribution in [0.15, 0.2) is 0 Å². The van der Waals surface area contributed by atoms with Crippen molar-refractivity contribution in [3.8, 4) is 0 Å². The van der Waals surface area contributed by atoms with Gasteiger partial charge >= 0.3 is 317 Å². The van der Waals surface area contributed by atoms with Crippen LogP contribution in [0.2, 0.25) is 0 Å². The summed E-state index contributed by atoms with van der Waals surface area (Å²) in [6, 6.07) is 0. The Morgan fingerprint density at radius 3 is 0.714 bits per heavy atom. The Labute approximate surface area is 343 Å². The van der Waals surface area contributed by atoms with Gasteiger partial charge in [-0.15, -0.1) is 0 Å². The molecule has 0 aliphatic heterocycles. The molecule has 62 valence electrons. The Kier molecular flexibility index (Phi) is 121. The molecule has 0 aromatic rings. The number of rotatable bonds is 0. The zero-order chi connectivity index (χ0) is 6.41. The van der Waals surface area contributed by atoms with Crippen LogP contribution in [-0.4, -0.2) is 318 Å². The monoisotopic (exact) mass is 378 g/mol. The van der Waals surface area contributed by atoms with Crippen LogP contribution in [0.5, 0.6) is 0 Å². The zero-order valence-electron chi connectivity index (χ0n) is 4.63. The van der Waals surface area contributed by atoms with Gasteiger partial charge in [0.2, 0.25) is 0 Å². The third-order valence-electron chi connectivity index (χ3n) is 1.000. The standard InChI is InChI=1S/C4H8.6K.H3O3P.6H/c1-2-4-3-1;;;;;;;1-4(2)3;;;;;;/h1-4H2;;;;;;;4H,(H2,1,2,3);;;;;;. The maximum atomic E-state index is 8.74. The summed E-state index contributed by atoms with van der Waals surface area (Å²) in [6.45, 7) is 0. The van der Waals surface area contributed by atoms with Crippen molar-refractivity contribution in [3.63, 3.8) is 0 Å². The van der Waals surface area contributed by atoms with Crippen molar-refractivity contribution >= 4 is 317 Å². The molecule has 1 saturated carbocycles. The first-order valence-corrected chi connectivity index (χ1v) is 3.95. The minimum atomic E-state index is -3.13. The fourth-order valence-corrected chi connectivity index (χ4v) is 0.250. The molecule has 1 aliphatic carbocycles. The van der Waals surface area contributed by atoms with Gasteiger partial charge in [0.1, 0.15) is 0 Å². The quantitative estimate of drug-likeness (QED) is 0.350. The van der Waals surface area contributed by atoms with Crippen LogP contribution in [0.1, 0.15) is 25.7 Å². The molecule has 0 bridgehead atoms. The molecule has 0 spiro atoms. The van der Waals surface area contributed by atoms with Gasteiger partial charge in [0, 0.05) is 0 Å². The van der Waals surface area contributed by atoms with E-state index in [2.05, 4.69) is 0 Å². The fraction of sp³-hybridized carbons (Fsp3) is 1.00. The van der Waals surface area contributed by atoms with Crippen LogP contribution in [0, 0.1) is 0 Å². The van der Waals surface area contributed by atoms with E-state index in [0.717, 1.165) is 0 Å². The summed E-state index contributed by atoms with van der Waals surface area (Å²) in [4.78, 5) is 14.3. The predicted molar refractivity (Wildman–Crippen MR) is 74.8 cm³/mol. The van der Waals surface area contributed by atoms with Gasteiger partial charge in [0.25, 0.3) is 0 Å². The first-order chi connectivity index (χ1) is 3.73. The second-order valence-corrected chi connectivity index (χ2v) is 2.26. The van der Waals surface area contributed by atoms with Gasteiger partial charge in [-0.1, -0.05) is 25.7 Å². The first kappa shape index (κ1) is 43.9. The molecule has 0 radical (unpaired) electrons. The third-order valence-corrected chi connectivity index (χ3v) is 1.000. The van der Waals surface area contributed by atoms with Gasteiger partial charge in [0.15, 0.2) is 0 Å². The van der Waals surface area contributed by atoms with Crippen LogP contribution in [0.4, 0.5) is 0 Å². The topological polar surface area (TPSA) is 57.5 Å². The maximum absolute atomic E-state index is 8.74. The van der Waals surface area contributed by atoms with Gasteiger partial charge in [-0.2, -0.15) is 0 Å². The molecule has 3 nitrogen and oxygen atoms in total. The molecule has 1 rings (SSSR count). The molecule has 0 heterocycles. The zero-order valence-corrected chi connectivity index (χ0v) is 5.63. The van der Waals surface area contributed by atoms with Gasteiger partial charge in [-0.3, -0.25) is 4.57 Å². The van der Waals surface area contributed by atoms with Gasteiger partial charge in [-0.05, 0) is 0 Å². The van der Waals surface area contributed by atoms with E-state index in [1.165, 1.54) is 25.7 Å². The van der Waals surface area contributed by atoms with E-state index < -0.39 is 8.25 Å². The second-order valence-electron chi connectivity index (χ2n) is 1.70. The van der Waals surface area contributed by atoms with Gasteiger partial charge < -0.3 is 9.79 Å². The van der Waals surface area contributed by atoms with E-state index in [-0.39, 0.29) is 308 Å². The molecule has 2 N–H and O–H groups in total. The summed E-state index contributed by atoms with van der Waals surface area (Å²) in [7, 11) is -3.13. The second kappa shape index (κ2) is 38.5. The molecule has 10 heteroatoms. The SMILES string of the molecule is C1CCC1.O=[PH](O)O.[KH].[KH].[KH].[KH].[KH].[KH]. The molecule has 1 aliphatic rings. The van der Waals surface area contributed by atoms with Crippen molar-refractivity contribution in [2.45, 2.75) is 25.7 Å². The molecular formula is C4H17K6O3P. The van der Waals surface area contributed by atoms with Crippen molar-refractivity contribution in [2.24, 2.45) is 0 Å².